The first kappa shape index (κ1) is 22.5. The van der Waals surface area contributed by atoms with Crippen LogP contribution in [-0.2, 0) is 23.9 Å². The summed E-state index contributed by atoms with van der Waals surface area (Å²) in [5, 5.41) is 12.3. The maximum Gasteiger partial charge on any atom is 0.416 e. The van der Waals surface area contributed by atoms with Crippen molar-refractivity contribution < 1.29 is 23.1 Å². The zero-order valence-corrected chi connectivity index (χ0v) is 18.0. The Balaban J connectivity index is 1.65. The molecule has 1 aromatic heterocycles. The van der Waals surface area contributed by atoms with Crippen LogP contribution in [0.3, 0.4) is 0 Å². The van der Waals surface area contributed by atoms with Crippen LogP contribution in [0.5, 0.6) is 0 Å². The van der Waals surface area contributed by atoms with Gasteiger partial charge in [-0.2, -0.15) is 13.2 Å². The third kappa shape index (κ3) is 5.70. The van der Waals surface area contributed by atoms with E-state index in [1.54, 1.807) is 23.5 Å². The smallest absolute Gasteiger partial charge is 0.416 e. The number of alkyl halides is 3. The number of nitrogens with zero attached hydrogens (tertiary/aromatic N) is 1. The van der Waals surface area contributed by atoms with Crippen molar-refractivity contribution in [1.82, 2.24) is 4.90 Å². The Morgan fingerprint density at radius 2 is 2.10 bits per heavy atom. The molecule has 0 saturated heterocycles. The van der Waals surface area contributed by atoms with Crippen LogP contribution >= 0.6 is 23.1 Å². The lowest BCUT2D eigenvalue weighted by Gasteiger charge is -2.29. The molecule has 2 aromatic rings. The molecule has 30 heavy (non-hydrogen) atoms. The maximum absolute atomic E-state index is 13.1. The molecule has 8 heteroatoms. The minimum atomic E-state index is -4.35. The van der Waals surface area contributed by atoms with Crippen LogP contribution < -0.4 is 0 Å². The van der Waals surface area contributed by atoms with E-state index in [1.165, 1.54) is 30.8 Å². The van der Waals surface area contributed by atoms with Crippen molar-refractivity contribution in [3.8, 4) is 0 Å². The van der Waals surface area contributed by atoms with E-state index in [4.69, 9.17) is 0 Å². The molecule has 0 saturated carbocycles. The Kier molecular flexibility index (Phi) is 7.31. The fourth-order valence-electron chi connectivity index (χ4n) is 3.26. The molecule has 1 N–H and O–H groups in total. The predicted octanol–water partition coefficient (Wildman–Crippen LogP) is 6.11. The number of hydrogen-bond acceptors (Lipinski definition) is 4. The van der Waals surface area contributed by atoms with Crippen LogP contribution in [0.4, 0.5) is 13.2 Å². The van der Waals surface area contributed by atoms with E-state index in [2.05, 4.69) is 0 Å². The van der Waals surface area contributed by atoms with Gasteiger partial charge in [-0.05, 0) is 60.2 Å². The van der Waals surface area contributed by atoms with Crippen molar-refractivity contribution in [2.45, 2.75) is 32.5 Å². The second-order valence-corrected chi connectivity index (χ2v) is 9.10. The monoisotopic (exact) mass is 453 g/mol. The van der Waals surface area contributed by atoms with Crippen LogP contribution in [0.15, 0.2) is 58.5 Å². The highest BCUT2D eigenvalue weighted by Gasteiger charge is 2.32. The molecule has 1 aliphatic heterocycles. The minimum Gasteiger partial charge on any atom is -0.478 e. The van der Waals surface area contributed by atoms with Crippen molar-refractivity contribution in [3.05, 3.63) is 80.0 Å². The molecule has 0 spiro atoms. The molecule has 3 rings (SSSR count). The number of rotatable bonds is 8. The summed E-state index contributed by atoms with van der Waals surface area (Å²) in [6.45, 7) is 2.72. The number of aliphatic carboxylic acids is 1. The fourth-order valence-corrected chi connectivity index (χ4v) is 5.09. The molecule has 160 valence electrons. The van der Waals surface area contributed by atoms with Crippen LogP contribution in [0, 0.1) is 6.92 Å². The van der Waals surface area contributed by atoms with Crippen LogP contribution in [0.1, 0.15) is 28.0 Å². The van der Waals surface area contributed by atoms with Crippen molar-refractivity contribution >= 4 is 29.1 Å². The van der Waals surface area contributed by atoms with E-state index in [9.17, 15) is 23.1 Å². The summed E-state index contributed by atoms with van der Waals surface area (Å²) in [5.74, 6) is -0.353. The lowest BCUT2D eigenvalue weighted by atomic mass is 10.0. The first-order valence-electron chi connectivity index (χ1n) is 9.46. The zero-order chi connectivity index (χ0) is 21.7. The summed E-state index contributed by atoms with van der Waals surface area (Å²) in [4.78, 5) is 14.9. The summed E-state index contributed by atoms with van der Waals surface area (Å²) >= 11 is 3.07. The van der Waals surface area contributed by atoms with Gasteiger partial charge in [0.05, 0.1) is 22.7 Å². The number of benzene rings is 1. The Morgan fingerprint density at radius 1 is 1.30 bits per heavy atom. The molecule has 0 amide bonds. The average Bonchev–Trinajstić information content (AvgIpc) is 3.19. The highest BCUT2D eigenvalue weighted by Crippen LogP contribution is 2.33. The van der Waals surface area contributed by atoms with Crippen molar-refractivity contribution in [1.29, 1.82) is 0 Å². The van der Waals surface area contributed by atoms with Crippen LogP contribution in [0.25, 0.3) is 0 Å². The summed E-state index contributed by atoms with van der Waals surface area (Å²) in [6.07, 6.45) is 0.273. The first-order chi connectivity index (χ1) is 14.3. The van der Waals surface area contributed by atoms with E-state index in [0.717, 1.165) is 4.88 Å². The largest absolute Gasteiger partial charge is 0.478 e. The molecule has 0 fully saturated rings. The summed E-state index contributed by atoms with van der Waals surface area (Å²) in [7, 11) is 0. The third-order valence-electron chi connectivity index (χ3n) is 4.74. The lowest BCUT2D eigenvalue weighted by molar-refractivity contribution is -0.138. The molecule has 2 heterocycles. The molecule has 3 nitrogen and oxygen atoms in total. The van der Waals surface area contributed by atoms with Gasteiger partial charge in [-0.15, -0.1) is 23.1 Å². The molecular weight excluding hydrogens is 431 g/mol. The lowest BCUT2D eigenvalue weighted by Crippen LogP contribution is -2.26. The molecule has 0 bridgehead atoms. The standard InChI is InChI=1S/C22H22F3NO2S2/c1-15-8-9-16(13-19(15)22(23,24)25)5-3-12-30-20-18(21(27)28)7-2-10-26(20)14-17-6-4-11-29-17/h2,4,6-9,11,13H,3,5,10,12,14H2,1H3,(H,27,28). The number of halogens is 3. The maximum atomic E-state index is 13.1. The number of thiophene rings is 1. The van der Waals surface area contributed by atoms with E-state index >= 15 is 0 Å². The Bertz CT molecular complexity index is 950. The van der Waals surface area contributed by atoms with Gasteiger partial charge in [0.2, 0.25) is 0 Å². The van der Waals surface area contributed by atoms with Gasteiger partial charge in [-0.1, -0.05) is 24.3 Å². The summed E-state index contributed by atoms with van der Waals surface area (Å²) in [6, 6.07) is 8.43. The van der Waals surface area contributed by atoms with Gasteiger partial charge in [0.25, 0.3) is 0 Å². The molecule has 1 aliphatic rings. The van der Waals surface area contributed by atoms with Crippen molar-refractivity contribution in [3.63, 3.8) is 0 Å². The number of aryl methyl sites for hydroxylation is 2. The van der Waals surface area contributed by atoms with Gasteiger partial charge >= 0.3 is 12.1 Å². The van der Waals surface area contributed by atoms with E-state index < -0.39 is 17.7 Å². The molecular formula is C22H22F3NO2S2. The average molecular weight is 454 g/mol. The van der Waals surface area contributed by atoms with Gasteiger partial charge in [0.15, 0.2) is 0 Å². The van der Waals surface area contributed by atoms with Gasteiger partial charge in [0, 0.05) is 11.4 Å². The Labute approximate surface area is 181 Å². The topological polar surface area (TPSA) is 40.5 Å². The molecule has 0 atom stereocenters. The van der Waals surface area contributed by atoms with Crippen LogP contribution in [-0.4, -0.2) is 28.3 Å². The Hall–Kier alpha value is -2.19. The first-order valence-corrected chi connectivity index (χ1v) is 11.3. The molecule has 0 radical (unpaired) electrons. The van der Waals surface area contributed by atoms with E-state index in [-0.39, 0.29) is 11.1 Å². The second-order valence-electron chi connectivity index (χ2n) is 6.99. The quantitative estimate of drug-likeness (QED) is 0.490. The van der Waals surface area contributed by atoms with Gasteiger partial charge in [-0.3, -0.25) is 0 Å². The number of carbonyl (C=O) groups is 1. The van der Waals surface area contributed by atoms with Crippen molar-refractivity contribution in [2.24, 2.45) is 0 Å². The number of hydrogen-bond donors (Lipinski definition) is 1. The highest BCUT2D eigenvalue weighted by molar-refractivity contribution is 8.03. The fraction of sp³-hybridized carbons (Fsp3) is 0.318. The van der Waals surface area contributed by atoms with E-state index in [0.29, 0.717) is 42.3 Å². The number of carboxylic acids is 1. The Morgan fingerprint density at radius 3 is 2.77 bits per heavy atom. The molecule has 0 unspecified atom stereocenters. The zero-order valence-electron chi connectivity index (χ0n) is 16.4. The van der Waals surface area contributed by atoms with E-state index in [1.807, 2.05) is 28.5 Å². The molecule has 1 aromatic carbocycles. The van der Waals surface area contributed by atoms with Crippen LogP contribution in [0.2, 0.25) is 0 Å². The second kappa shape index (κ2) is 9.75. The summed E-state index contributed by atoms with van der Waals surface area (Å²) < 4.78 is 39.3. The normalized spacial score (nSPS) is 14.5. The third-order valence-corrected chi connectivity index (χ3v) is 6.85. The highest BCUT2D eigenvalue weighted by atomic mass is 32.2. The number of carboxylic acid groups (broad SMARTS) is 1. The predicted molar refractivity (Wildman–Crippen MR) is 115 cm³/mol. The summed E-state index contributed by atoms with van der Waals surface area (Å²) in [5.41, 5.74) is 0.524. The minimum absolute atomic E-state index is 0.218. The van der Waals surface area contributed by atoms with Gasteiger partial charge in [0.1, 0.15) is 0 Å². The molecule has 0 aliphatic carbocycles. The number of thioether (sulfide) groups is 1. The van der Waals surface area contributed by atoms with Gasteiger partial charge in [-0.25, -0.2) is 4.79 Å². The van der Waals surface area contributed by atoms with Crippen molar-refractivity contribution in [2.75, 3.05) is 12.3 Å². The SMILES string of the molecule is Cc1ccc(CCCSC2=C(C(=O)O)C=CCN2Cc2cccs2)cc1C(F)(F)F. The van der Waals surface area contributed by atoms with Gasteiger partial charge < -0.3 is 10.0 Å².